The molecule has 94 valence electrons. The van der Waals surface area contributed by atoms with Crippen molar-refractivity contribution in [1.29, 1.82) is 0 Å². The van der Waals surface area contributed by atoms with E-state index in [-0.39, 0.29) is 23.8 Å². The summed E-state index contributed by atoms with van der Waals surface area (Å²) in [5.41, 5.74) is 0. The van der Waals surface area contributed by atoms with Crippen molar-refractivity contribution in [1.82, 2.24) is 10.6 Å². The maximum Gasteiger partial charge on any atom is 0.306 e. The molecular weight excluding hydrogens is 224 g/mol. The van der Waals surface area contributed by atoms with E-state index in [0.29, 0.717) is 32.2 Å². The van der Waals surface area contributed by atoms with E-state index in [1.807, 2.05) is 0 Å². The maximum absolute atomic E-state index is 11.8. The molecule has 1 aliphatic heterocycles. The third kappa shape index (κ3) is 2.75. The zero-order chi connectivity index (χ0) is 12.4. The second kappa shape index (κ2) is 4.73. The van der Waals surface area contributed by atoms with Gasteiger partial charge in [-0.3, -0.25) is 14.4 Å². The molecule has 2 rings (SSSR count). The zero-order valence-corrected chi connectivity index (χ0v) is 9.44. The molecule has 1 saturated heterocycles. The summed E-state index contributed by atoms with van der Waals surface area (Å²) in [6.45, 7) is 0.472. The molecule has 6 nitrogen and oxygen atoms in total. The van der Waals surface area contributed by atoms with E-state index < -0.39 is 11.9 Å². The molecule has 2 amide bonds. The van der Waals surface area contributed by atoms with Crippen LogP contribution in [0.15, 0.2) is 0 Å². The van der Waals surface area contributed by atoms with E-state index in [0.717, 1.165) is 0 Å². The van der Waals surface area contributed by atoms with Gasteiger partial charge in [-0.15, -0.1) is 0 Å². The first kappa shape index (κ1) is 11.9. The van der Waals surface area contributed by atoms with Crippen LogP contribution in [0, 0.1) is 11.8 Å². The van der Waals surface area contributed by atoms with Gasteiger partial charge in [-0.25, -0.2) is 0 Å². The lowest BCUT2D eigenvalue weighted by atomic mass is 10.0. The molecule has 1 saturated carbocycles. The Kier molecular flexibility index (Phi) is 3.31. The van der Waals surface area contributed by atoms with E-state index in [9.17, 15) is 14.4 Å². The van der Waals surface area contributed by atoms with Gasteiger partial charge in [0.2, 0.25) is 11.8 Å². The average molecular weight is 240 g/mol. The molecule has 0 aromatic carbocycles. The first-order chi connectivity index (χ1) is 8.06. The highest BCUT2D eigenvalue weighted by Gasteiger charge is 2.35. The number of carboxylic acids is 1. The summed E-state index contributed by atoms with van der Waals surface area (Å²) >= 11 is 0. The van der Waals surface area contributed by atoms with Crippen LogP contribution in [0.2, 0.25) is 0 Å². The average Bonchev–Trinajstić information content (AvgIpc) is 2.86. The third-order valence-corrected chi connectivity index (χ3v) is 3.48. The number of rotatable bonds is 3. The quantitative estimate of drug-likeness (QED) is 0.619. The fourth-order valence-corrected chi connectivity index (χ4v) is 2.47. The Morgan fingerprint density at radius 2 is 2.00 bits per heavy atom. The van der Waals surface area contributed by atoms with Crippen LogP contribution >= 0.6 is 0 Å². The molecule has 17 heavy (non-hydrogen) atoms. The number of carboxylic acid groups (broad SMARTS) is 1. The largest absolute Gasteiger partial charge is 0.481 e. The number of nitrogens with one attached hydrogen (secondary N) is 2. The summed E-state index contributed by atoms with van der Waals surface area (Å²) in [5.74, 6) is -1.60. The molecule has 0 aromatic heterocycles. The molecule has 3 atom stereocenters. The maximum atomic E-state index is 11.8. The highest BCUT2D eigenvalue weighted by Crippen LogP contribution is 2.31. The van der Waals surface area contributed by atoms with Gasteiger partial charge in [0.05, 0.1) is 12.0 Å². The van der Waals surface area contributed by atoms with Gasteiger partial charge >= 0.3 is 5.97 Å². The number of hydrogen-bond donors (Lipinski definition) is 3. The van der Waals surface area contributed by atoms with Crippen LogP contribution in [-0.4, -0.2) is 35.5 Å². The lowest BCUT2D eigenvalue weighted by molar-refractivity contribution is -0.141. The highest BCUT2D eigenvalue weighted by atomic mass is 16.4. The zero-order valence-electron chi connectivity index (χ0n) is 9.44. The van der Waals surface area contributed by atoms with Crippen molar-refractivity contribution < 1.29 is 19.5 Å². The molecule has 1 unspecified atom stereocenters. The SMILES string of the molecule is O=C1CC(NC(=O)[C@@H]2CC[C@H](C(=O)O)C2)CN1. The van der Waals surface area contributed by atoms with Gasteiger partial charge < -0.3 is 15.7 Å². The van der Waals surface area contributed by atoms with Crippen LogP contribution in [0.4, 0.5) is 0 Å². The van der Waals surface area contributed by atoms with Gasteiger partial charge in [0, 0.05) is 18.9 Å². The number of carbonyl (C=O) groups is 3. The van der Waals surface area contributed by atoms with Crippen molar-refractivity contribution >= 4 is 17.8 Å². The van der Waals surface area contributed by atoms with Crippen LogP contribution in [0.1, 0.15) is 25.7 Å². The normalized spacial score (nSPS) is 32.2. The Morgan fingerprint density at radius 1 is 1.29 bits per heavy atom. The molecule has 0 radical (unpaired) electrons. The molecule has 0 aromatic rings. The molecular formula is C11H16N2O4. The smallest absolute Gasteiger partial charge is 0.306 e. The molecule has 0 bridgehead atoms. The summed E-state index contributed by atoms with van der Waals surface area (Å²) in [6.07, 6.45) is 1.92. The summed E-state index contributed by atoms with van der Waals surface area (Å²) in [6, 6.07) is -0.140. The molecule has 6 heteroatoms. The van der Waals surface area contributed by atoms with Crippen LogP contribution < -0.4 is 10.6 Å². The Balaban J connectivity index is 1.81. The molecule has 2 fully saturated rings. The second-order valence-corrected chi connectivity index (χ2v) is 4.76. The van der Waals surface area contributed by atoms with Crippen molar-refractivity contribution in [3.05, 3.63) is 0 Å². The number of amides is 2. The Bertz CT molecular complexity index is 355. The monoisotopic (exact) mass is 240 g/mol. The summed E-state index contributed by atoms with van der Waals surface area (Å²) in [4.78, 5) is 33.6. The van der Waals surface area contributed by atoms with Crippen LogP contribution in [0.3, 0.4) is 0 Å². The topological polar surface area (TPSA) is 95.5 Å². The van der Waals surface area contributed by atoms with E-state index >= 15 is 0 Å². The Morgan fingerprint density at radius 3 is 2.53 bits per heavy atom. The molecule has 3 N–H and O–H groups in total. The third-order valence-electron chi connectivity index (χ3n) is 3.48. The number of aliphatic carboxylic acids is 1. The van der Waals surface area contributed by atoms with E-state index in [1.165, 1.54) is 0 Å². The van der Waals surface area contributed by atoms with Crippen molar-refractivity contribution in [2.75, 3.05) is 6.54 Å². The predicted molar refractivity (Wildman–Crippen MR) is 58.0 cm³/mol. The van der Waals surface area contributed by atoms with Crippen molar-refractivity contribution in [2.45, 2.75) is 31.7 Å². The van der Waals surface area contributed by atoms with E-state index in [4.69, 9.17) is 5.11 Å². The van der Waals surface area contributed by atoms with Gasteiger partial charge in [0.1, 0.15) is 0 Å². The summed E-state index contributed by atoms with van der Waals surface area (Å²) in [7, 11) is 0. The lowest BCUT2D eigenvalue weighted by Crippen LogP contribution is -2.39. The second-order valence-electron chi connectivity index (χ2n) is 4.76. The van der Waals surface area contributed by atoms with Crippen LogP contribution in [0.25, 0.3) is 0 Å². The standard InChI is InChI=1S/C11H16N2O4/c14-9-4-8(5-12-9)13-10(15)6-1-2-7(3-6)11(16)17/h6-8H,1-5H2,(H,12,14)(H,13,15)(H,16,17)/t6-,7+,8?/m1/s1. The van der Waals surface area contributed by atoms with Crippen molar-refractivity contribution in [3.8, 4) is 0 Å². The minimum absolute atomic E-state index is 0.0508. The van der Waals surface area contributed by atoms with Gasteiger partial charge in [0.15, 0.2) is 0 Å². The minimum Gasteiger partial charge on any atom is -0.481 e. The molecule has 2 aliphatic rings. The Labute approximate surface area is 98.8 Å². The van der Waals surface area contributed by atoms with Gasteiger partial charge in [0.25, 0.3) is 0 Å². The van der Waals surface area contributed by atoms with Gasteiger partial charge in [-0.2, -0.15) is 0 Å². The van der Waals surface area contributed by atoms with Crippen molar-refractivity contribution in [2.24, 2.45) is 11.8 Å². The fraction of sp³-hybridized carbons (Fsp3) is 0.727. The van der Waals surface area contributed by atoms with E-state index in [1.54, 1.807) is 0 Å². The van der Waals surface area contributed by atoms with Gasteiger partial charge in [-0.1, -0.05) is 0 Å². The van der Waals surface area contributed by atoms with Crippen LogP contribution in [0.5, 0.6) is 0 Å². The minimum atomic E-state index is -0.821. The molecule has 1 heterocycles. The molecule has 0 spiro atoms. The first-order valence-electron chi connectivity index (χ1n) is 5.86. The fourth-order valence-electron chi connectivity index (χ4n) is 2.47. The van der Waals surface area contributed by atoms with Gasteiger partial charge in [-0.05, 0) is 19.3 Å². The highest BCUT2D eigenvalue weighted by molar-refractivity contribution is 5.84. The first-order valence-corrected chi connectivity index (χ1v) is 5.86. The van der Waals surface area contributed by atoms with Crippen molar-refractivity contribution in [3.63, 3.8) is 0 Å². The van der Waals surface area contributed by atoms with E-state index in [2.05, 4.69) is 10.6 Å². The number of carbonyl (C=O) groups excluding carboxylic acids is 2. The number of hydrogen-bond acceptors (Lipinski definition) is 3. The molecule has 1 aliphatic carbocycles. The summed E-state index contributed by atoms with van der Waals surface area (Å²) in [5, 5.41) is 14.3. The Hall–Kier alpha value is -1.59. The predicted octanol–water partition coefficient (Wildman–Crippen LogP) is -0.508. The summed E-state index contributed by atoms with van der Waals surface area (Å²) < 4.78 is 0. The van der Waals surface area contributed by atoms with Crippen LogP contribution in [-0.2, 0) is 14.4 Å². The lowest BCUT2D eigenvalue weighted by Gasteiger charge is -2.14.